The van der Waals surface area contributed by atoms with Crippen LogP contribution in [0.2, 0.25) is 0 Å². The number of aromatic nitrogens is 3. The first-order valence-corrected chi connectivity index (χ1v) is 11.8. The minimum absolute atomic E-state index is 0.692. The van der Waals surface area contributed by atoms with Crippen LogP contribution in [0.4, 0.5) is 0 Å². The Morgan fingerprint density at radius 1 is 0.606 bits per heavy atom. The maximum atomic E-state index is 5.02. The van der Waals surface area contributed by atoms with Crippen LogP contribution in [-0.2, 0) is 6.42 Å². The van der Waals surface area contributed by atoms with Crippen molar-refractivity contribution in [3.63, 3.8) is 0 Å². The van der Waals surface area contributed by atoms with Crippen LogP contribution in [0.5, 0.6) is 0 Å². The van der Waals surface area contributed by atoms with Crippen molar-refractivity contribution in [1.82, 2.24) is 15.0 Å². The van der Waals surface area contributed by atoms with E-state index in [-0.39, 0.29) is 0 Å². The smallest absolute Gasteiger partial charge is 0.124 e. The highest BCUT2D eigenvalue weighted by Gasteiger charge is 2.13. The molecule has 0 unspecified atom stereocenters. The van der Waals surface area contributed by atoms with Crippen molar-refractivity contribution in [3.8, 4) is 22.5 Å². The molecule has 0 spiro atoms. The molecule has 2 aromatic carbocycles. The molecule has 4 heterocycles. The molecule has 0 saturated heterocycles. The SMILES string of the molecule is Cc1ccc2c(n1)sc1c(-c3cccc(Cc4cccc(-c5ccccc5)n4)n3)cccc12. The van der Waals surface area contributed by atoms with Gasteiger partial charge in [-0.15, -0.1) is 11.3 Å². The van der Waals surface area contributed by atoms with Crippen LogP contribution in [-0.4, -0.2) is 15.0 Å². The van der Waals surface area contributed by atoms with Crippen LogP contribution in [0.15, 0.2) is 97.1 Å². The Kier molecular flexibility index (Phi) is 4.93. The number of benzene rings is 2. The highest BCUT2D eigenvalue weighted by molar-refractivity contribution is 7.26. The second kappa shape index (κ2) is 8.23. The molecule has 4 heteroatoms. The van der Waals surface area contributed by atoms with E-state index in [2.05, 4.69) is 78.9 Å². The van der Waals surface area contributed by atoms with Crippen LogP contribution < -0.4 is 0 Å². The summed E-state index contributed by atoms with van der Waals surface area (Å²) in [5.74, 6) is 0. The van der Waals surface area contributed by atoms with Crippen molar-refractivity contribution >= 4 is 31.6 Å². The quantitative estimate of drug-likeness (QED) is 0.284. The van der Waals surface area contributed by atoms with E-state index < -0.39 is 0 Å². The first-order chi connectivity index (χ1) is 16.2. The Bertz CT molecular complexity index is 1600. The van der Waals surface area contributed by atoms with Crippen LogP contribution >= 0.6 is 11.3 Å². The predicted octanol–water partition coefficient (Wildman–Crippen LogP) is 7.47. The molecular formula is C29H21N3S. The third-order valence-electron chi connectivity index (χ3n) is 5.82. The molecule has 0 aliphatic heterocycles. The zero-order chi connectivity index (χ0) is 22.2. The molecule has 6 rings (SSSR count). The minimum atomic E-state index is 0.692. The number of rotatable bonds is 4. The van der Waals surface area contributed by atoms with Crippen molar-refractivity contribution in [3.05, 3.63) is 114 Å². The zero-order valence-corrected chi connectivity index (χ0v) is 19.0. The van der Waals surface area contributed by atoms with Crippen LogP contribution in [0.25, 0.3) is 42.8 Å². The summed E-state index contributed by atoms with van der Waals surface area (Å²) in [5, 5.41) is 2.45. The second-order valence-electron chi connectivity index (χ2n) is 8.16. The number of pyridine rings is 3. The molecule has 0 aliphatic carbocycles. The van der Waals surface area contributed by atoms with Gasteiger partial charge in [0, 0.05) is 50.1 Å². The van der Waals surface area contributed by atoms with Gasteiger partial charge in [-0.1, -0.05) is 60.7 Å². The lowest BCUT2D eigenvalue weighted by Crippen LogP contribution is -1.97. The molecule has 158 valence electrons. The van der Waals surface area contributed by atoms with Gasteiger partial charge in [0.1, 0.15) is 4.83 Å². The van der Waals surface area contributed by atoms with E-state index in [1.54, 1.807) is 11.3 Å². The van der Waals surface area contributed by atoms with Crippen molar-refractivity contribution < 1.29 is 0 Å². The summed E-state index contributed by atoms with van der Waals surface area (Å²) in [4.78, 5) is 15.7. The molecule has 0 N–H and O–H groups in total. The monoisotopic (exact) mass is 443 g/mol. The van der Waals surface area contributed by atoms with E-state index >= 15 is 0 Å². The topological polar surface area (TPSA) is 38.7 Å². The average Bonchev–Trinajstić information content (AvgIpc) is 3.22. The standard InChI is InChI=1S/C29H21N3S/c1-19-16-17-24-23-12-7-13-25(28(23)33-29(24)30-19)27-15-6-11-22(32-27)18-21-10-5-14-26(31-21)20-8-3-2-4-9-20/h2-17H,18H2,1H3. The number of hydrogen-bond donors (Lipinski definition) is 0. The zero-order valence-electron chi connectivity index (χ0n) is 18.2. The van der Waals surface area contributed by atoms with E-state index in [0.29, 0.717) is 6.42 Å². The number of thiophene rings is 1. The number of nitrogens with zero attached hydrogens (tertiary/aromatic N) is 3. The lowest BCUT2D eigenvalue weighted by molar-refractivity contribution is 1.02. The highest BCUT2D eigenvalue weighted by atomic mass is 32.1. The Morgan fingerprint density at radius 2 is 1.33 bits per heavy atom. The Labute approximate surface area is 196 Å². The molecule has 0 bridgehead atoms. The van der Waals surface area contributed by atoms with Gasteiger partial charge in [-0.2, -0.15) is 0 Å². The summed E-state index contributed by atoms with van der Waals surface area (Å²) in [6.07, 6.45) is 0.692. The maximum absolute atomic E-state index is 5.02. The maximum Gasteiger partial charge on any atom is 0.124 e. The molecule has 33 heavy (non-hydrogen) atoms. The molecule has 4 aromatic heterocycles. The van der Waals surface area contributed by atoms with Crippen molar-refractivity contribution in [2.75, 3.05) is 0 Å². The Balaban J connectivity index is 1.38. The predicted molar refractivity (Wildman–Crippen MR) is 138 cm³/mol. The molecule has 0 aliphatic rings. The molecule has 0 saturated carbocycles. The van der Waals surface area contributed by atoms with Gasteiger partial charge in [0.15, 0.2) is 0 Å². The average molecular weight is 444 g/mol. The Morgan fingerprint density at radius 3 is 2.15 bits per heavy atom. The molecule has 0 fully saturated rings. The number of hydrogen-bond acceptors (Lipinski definition) is 4. The van der Waals surface area contributed by atoms with Crippen molar-refractivity contribution in [2.24, 2.45) is 0 Å². The summed E-state index contributed by atoms with van der Waals surface area (Å²) in [5.41, 5.74) is 7.32. The molecule has 0 radical (unpaired) electrons. The van der Waals surface area contributed by atoms with E-state index in [9.17, 15) is 0 Å². The van der Waals surface area contributed by atoms with Gasteiger partial charge >= 0.3 is 0 Å². The fourth-order valence-corrected chi connectivity index (χ4v) is 5.48. The Hall–Kier alpha value is -3.89. The van der Waals surface area contributed by atoms with Gasteiger partial charge in [-0.3, -0.25) is 9.97 Å². The van der Waals surface area contributed by atoms with Gasteiger partial charge in [0.25, 0.3) is 0 Å². The number of aryl methyl sites for hydroxylation is 1. The second-order valence-corrected chi connectivity index (χ2v) is 9.16. The largest absolute Gasteiger partial charge is 0.252 e. The van der Waals surface area contributed by atoms with E-state index in [4.69, 9.17) is 15.0 Å². The fourth-order valence-electron chi connectivity index (χ4n) is 4.23. The van der Waals surface area contributed by atoms with Gasteiger partial charge < -0.3 is 0 Å². The van der Waals surface area contributed by atoms with E-state index in [0.717, 1.165) is 44.4 Å². The minimum Gasteiger partial charge on any atom is -0.252 e. The first kappa shape index (κ1) is 19.8. The van der Waals surface area contributed by atoms with Crippen LogP contribution in [0.1, 0.15) is 17.1 Å². The lowest BCUT2D eigenvalue weighted by Gasteiger charge is -2.07. The van der Waals surface area contributed by atoms with Crippen molar-refractivity contribution in [2.45, 2.75) is 13.3 Å². The third kappa shape index (κ3) is 3.79. The molecular weight excluding hydrogens is 422 g/mol. The first-order valence-electron chi connectivity index (χ1n) is 11.0. The highest BCUT2D eigenvalue weighted by Crippen LogP contribution is 2.38. The van der Waals surface area contributed by atoms with Crippen LogP contribution in [0.3, 0.4) is 0 Å². The molecule has 0 atom stereocenters. The van der Waals surface area contributed by atoms with Gasteiger partial charge in [-0.25, -0.2) is 4.98 Å². The summed E-state index contributed by atoms with van der Waals surface area (Å²) in [6, 6.07) is 33.5. The van der Waals surface area contributed by atoms with E-state index in [1.807, 2.05) is 25.1 Å². The lowest BCUT2D eigenvalue weighted by atomic mass is 10.1. The summed E-state index contributed by atoms with van der Waals surface area (Å²) in [6.45, 7) is 2.04. The summed E-state index contributed by atoms with van der Waals surface area (Å²) in [7, 11) is 0. The van der Waals surface area contributed by atoms with E-state index in [1.165, 1.54) is 15.5 Å². The number of fused-ring (bicyclic) bond motifs is 3. The normalized spacial score (nSPS) is 11.3. The van der Waals surface area contributed by atoms with Crippen LogP contribution in [0, 0.1) is 6.92 Å². The van der Waals surface area contributed by atoms with Crippen molar-refractivity contribution in [1.29, 1.82) is 0 Å². The molecule has 6 aromatic rings. The molecule has 0 amide bonds. The fraction of sp³-hybridized carbons (Fsp3) is 0.0690. The summed E-state index contributed by atoms with van der Waals surface area (Å²) < 4.78 is 1.24. The van der Waals surface area contributed by atoms with Gasteiger partial charge in [0.2, 0.25) is 0 Å². The summed E-state index contributed by atoms with van der Waals surface area (Å²) >= 11 is 1.74. The molecule has 3 nitrogen and oxygen atoms in total. The van der Waals surface area contributed by atoms with Gasteiger partial charge in [-0.05, 0) is 43.3 Å². The third-order valence-corrected chi connectivity index (χ3v) is 6.97. The van der Waals surface area contributed by atoms with Gasteiger partial charge in [0.05, 0.1) is 11.4 Å².